The summed E-state index contributed by atoms with van der Waals surface area (Å²) in [5.74, 6) is -0.0589. The lowest BCUT2D eigenvalue weighted by atomic mass is 9.67. The summed E-state index contributed by atoms with van der Waals surface area (Å²) in [5.41, 5.74) is 3.23. The van der Waals surface area contributed by atoms with E-state index in [4.69, 9.17) is 32.9 Å². The molecule has 2 atom stereocenters. The summed E-state index contributed by atoms with van der Waals surface area (Å²) in [7, 11) is 0. The van der Waals surface area contributed by atoms with E-state index in [2.05, 4.69) is 0 Å². The Balaban J connectivity index is 1.88. The molecule has 1 unspecified atom stereocenters. The Bertz CT molecular complexity index is 864. The topological polar surface area (TPSA) is 55.7 Å². The van der Waals surface area contributed by atoms with Crippen LogP contribution in [0.2, 0.25) is 10.0 Å². The fourth-order valence-electron chi connectivity index (χ4n) is 4.50. The summed E-state index contributed by atoms with van der Waals surface area (Å²) < 4.78 is 5.53. The summed E-state index contributed by atoms with van der Waals surface area (Å²) in [5, 5.41) is 0.800. The van der Waals surface area contributed by atoms with Crippen LogP contribution in [-0.2, 0) is 9.59 Å². The number of ether oxygens (including phenoxy) is 1. The number of aliphatic imine (C=N–C) groups is 1. The van der Waals surface area contributed by atoms with Gasteiger partial charge in [-0.2, -0.15) is 0 Å². The van der Waals surface area contributed by atoms with Crippen LogP contribution in [0.3, 0.4) is 0 Å². The van der Waals surface area contributed by atoms with E-state index in [9.17, 15) is 9.59 Å². The number of fused-ring (bicyclic) bond motifs is 1. The number of hydrogen-bond acceptors (Lipinski definition) is 4. The molecule has 6 heteroatoms. The highest BCUT2D eigenvalue weighted by molar-refractivity contribution is 6.37. The van der Waals surface area contributed by atoms with Gasteiger partial charge in [-0.1, -0.05) is 23.2 Å². The van der Waals surface area contributed by atoms with Crippen LogP contribution in [0.25, 0.3) is 0 Å². The maximum Gasteiger partial charge on any atom is 0.161 e. The molecule has 0 radical (unpaired) electrons. The van der Waals surface area contributed by atoms with E-state index in [1.165, 1.54) is 0 Å². The number of carbonyl (C=O) groups is 2. The molecule has 0 saturated heterocycles. The zero-order valence-corrected chi connectivity index (χ0v) is 16.7. The molecule has 4 rings (SSSR count). The molecule has 0 amide bonds. The van der Waals surface area contributed by atoms with Gasteiger partial charge in [0.05, 0.1) is 22.6 Å². The molecular formula is C21H21Cl2NO3. The molecule has 27 heavy (non-hydrogen) atoms. The van der Waals surface area contributed by atoms with E-state index >= 15 is 0 Å². The minimum absolute atomic E-state index is 0.0866. The van der Waals surface area contributed by atoms with Crippen LogP contribution in [0.15, 0.2) is 28.4 Å². The van der Waals surface area contributed by atoms with Crippen molar-refractivity contribution in [2.45, 2.75) is 51.4 Å². The van der Waals surface area contributed by atoms with Gasteiger partial charge in [-0.05, 0) is 50.3 Å². The molecule has 0 aromatic heterocycles. The fourth-order valence-corrected chi connectivity index (χ4v) is 5.11. The van der Waals surface area contributed by atoms with Gasteiger partial charge in [-0.15, -0.1) is 0 Å². The molecule has 142 valence electrons. The first-order chi connectivity index (χ1) is 13.0. The number of halogens is 2. The maximum atomic E-state index is 12.8. The van der Waals surface area contributed by atoms with Gasteiger partial charge in [-0.25, -0.2) is 0 Å². The second-order valence-electron chi connectivity index (χ2n) is 7.26. The third-order valence-corrected chi connectivity index (χ3v) is 6.14. The van der Waals surface area contributed by atoms with Crippen molar-refractivity contribution in [3.05, 3.63) is 39.0 Å². The van der Waals surface area contributed by atoms with Gasteiger partial charge in [0.1, 0.15) is 5.78 Å². The summed E-state index contributed by atoms with van der Waals surface area (Å²) >= 11 is 12.9. The second-order valence-corrected chi connectivity index (χ2v) is 8.08. The van der Waals surface area contributed by atoms with Gasteiger partial charge in [0, 0.05) is 35.7 Å². The molecule has 1 saturated carbocycles. The van der Waals surface area contributed by atoms with Crippen LogP contribution in [0, 0.1) is 5.92 Å². The summed E-state index contributed by atoms with van der Waals surface area (Å²) in [6.07, 6.45) is 4.23. The normalized spacial score (nSPS) is 25.1. The van der Waals surface area contributed by atoms with Crippen molar-refractivity contribution in [1.29, 1.82) is 0 Å². The number of allylic oxidation sites excluding steroid dienone is 2. The van der Waals surface area contributed by atoms with Gasteiger partial charge in [0.25, 0.3) is 0 Å². The SMILES string of the molecule is CCOc1c(Cl)cc([C@H]2C3=C(CCCC3=O)N=C3CCCC(=O)C32)cc1Cl. The standard InChI is InChI=1S/C21H21Cl2NO3/c1-2-27-21-12(22)9-11(10-13(21)23)18-19-14(5-3-7-16(19)25)24-15-6-4-8-17(26)20(15)18/h9-10,18-19H,2-8H2,1H3/t18-,19?/m1/s1. The Hall–Kier alpha value is -1.65. The lowest BCUT2D eigenvalue weighted by molar-refractivity contribution is -0.122. The quantitative estimate of drug-likeness (QED) is 0.684. The summed E-state index contributed by atoms with van der Waals surface area (Å²) in [6.45, 7) is 2.32. The second kappa shape index (κ2) is 7.40. The fraction of sp³-hybridized carbons (Fsp3) is 0.476. The first kappa shape index (κ1) is 18.7. The average molecular weight is 406 g/mol. The molecule has 1 fully saturated rings. The van der Waals surface area contributed by atoms with Crippen molar-refractivity contribution >= 4 is 40.5 Å². The lowest BCUT2D eigenvalue weighted by Gasteiger charge is -2.38. The lowest BCUT2D eigenvalue weighted by Crippen LogP contribution is -2.39. The van der Waals surface area contributed by atoms with Crippen LogP contribution in [0.4, 0.5) is 0 Å². The van der Waals surface area contributed by atoms with Gasteiger partial charge < -0.3 is 4.74 Å². The smallest absolute Gasteiger partial charge is 0.161 e. The molecule has 0 spiro atoms. The Morgan fingerprint density at radius 3 is 2.44 bits per heavy atom. The van der Waals surface area contributed by atoms with Crippen LogP contribution in [-0.4, -0.2) is 23.9 Å². The predicted molar refractivity (Wildman–Crippen MR) is 106 cm³/mol. The number of ketones is 2. The van der Waals surface area contributed by atoms with Gasteiger partial charge in [0.2, 0.25) is 0 Å². The molecule has 1 aromatic carbocycles. The molecule has 0 bridgehead atoms. The van der Waals surface area contributed by atoms with E-state index in [1.54, 1.807) is 12.1 Å². The van der Waals surface area contributed by atoms with Crippen LogP contribution < -0.4 is 4.74 Å². The van der Waals surface area contributed by atoms with Gasteiger partial charge in [-0.3, -0.25) is 14.6 Å². The molecule has 1 heterocycles. The van der Waals surface area contributed by atoms with E-state index in [-0.39, 0.29) is 23.4 Å². The minimum Gasteiger partial charge on any atom is -0.491 e. The zero-order valence-electron chi connectivity index (χ0n) is 15.2. The summed E-state index contributed by atoms with van der Waals surface area (Å²) in [4.78, 5) is 30.4. The Labute approximate surface area is 168 Å². The zero-order chi connectivity index (χ0) is 19.1. The van der Waals surface area contributed by atoms with Crippen molar-refractivity contribution in [2.24, 2.45) is 10.9 Å². The first-order valence-corrected chi connectivity index (χ1v) is 10.2. The van der Waals surface area contributed by atoms with Crippen molar-refractivity contribution < 1.29 is 14.3 Å². The Morgan fingerprint density at radius 1 is 1.04 bits per heavy atom. The Kier molecular flexibility index (Phi) is 5.13. The molecule has 0 N–H and O–H groups in total. The van der Waals surface area contributed by atoms with Crippen molar-refractivity contribution in [3.8, 4) is 5.75 Å². The third kappa shape index (κ3) is 3.23. The molecule has 1 aromatic rings. The monoisotopic (exact) mass is 405 g/mol. The molecule has 3 aliphatic rings. The summed E-state index contributed by atoms with van der Waals surface area (Å²) in [6, 6.07) is 3.58. The highest BCUT2D eigenvalue weighted by Gasteiger charge is 2.44. The number of carbonyl (C=O) groups excluding carboxylic acids is 2. The number of Topliss-reactive ketones (excluding diaryl/α,β-unsaturated/α-hetero) is 2. The molecule has 1 aliphatic heterocycles. The highest BCUT2D eigenvalue weighted by atomic mass is 35.5. The van der Waals surface area contributed by atoms with Gasteiger partial charge in [0.15, 0.2) is 11.5 Å². The largest absolute Gasteiger partial charge is 0.491 e. The van der Waals surface area contributed by atoms with Gasteiger partial charge >= 0.3 is 0 Å². The van der Waals surface area contributed by atoms with Crippen LogP contribution >= 0.6 is 23.2 Å². The number of rotatable bonds is 3. The van der Waals surface area contributed by atoms with Crippen LogP contribution in [0.5, 0.6) is 5.75 Å². The van der Waals surface area contributed by atoms with E-state index in [0.29, 0.717) is 40.8 Å². The number of nitrogens with zero attached hydrogens (tertiary/aromatic N) is 1. The highest BCUT2D eigenvalue weighted by Crippen LogP contribution is 2.48. The Morgan fingerprint density at radius 2 is 1.74 bits per heavy atom. The molecule has 2 aliphatic carbocycles. The van der Waals surface area contributed by atoms with E-state index < -0.39 is 0 Å². The number of benzene rings is 1. The van der Waals surface area contributed by atoms with E-state index in [1.807, 2.05) is 6.92 Å². The van der Waals surface area contributed by atoms with Crippen LogP contribution in [0.1, 0.15) is 56.9 Å². The average Bonchev–Trinajstić information content (AvgIpc) is 2.63. The third-order valence-electron chi connectivity index (χ3n) is 5.58. The minimum atomic E-state index is -0.385. The number of hydrogen-bond donors (Lipinski definition) is 0. The van der Waals surface area contributed by atoms with E-state index in [0.717, 1.165) is 42.7 Å². The van der Waals surface area contributed by atoms with Crippen molar-refractivity contribution in [3.63, 3.8) is 0 Å². The van der Waals surface area contributed by atoms with Crippen molar-refractivity contribution in [2.75, 3.05) is 6.61 Å². The maximum absolute atomic E-state index is 12.8. The molecule has 4 nitrogen and oxygen atoms in total. The predicted octanol–water partition coefficient (Wildman–Crippen LogP) is 5.31. The first-order valence-electron chi connectivity index (χ1n) is 9.49. The molecular weight excluding hydrogens is 385 g/mol. The van der Waals surface area contributed by atoms with Crippen molar-refractivity contribution in [1.82, 2.24) is 0 Å².